The highest BCUT2D eigenvalue weighted by Crippen LogP contribution is 2.29. The van der Waals surface area contributed by atoms with Crippen molar-refractivity contribution in [2.24, 2.45) is 5.41 Å². The van der Waals surface area contributed by atoms with Crippen LogP contribution in [-0.4, -0.2) is 36.5 Å². The molecule has 0 saturated carbocycles. The zero-order valence-electron chi connectivity index (χ0n) is 19.2. The monoisotopic (exact) mass is 487 g/mol. The Morgan fingerprint density at radius 2 is 1.88 bits per heavy atom. The third-order valence-corrected chi connectivity index (χ3v) is 6.67. The summed E-state index contributed by atoms with van der Waals surface area (Å²) in [4.78, 5) is 15.3. The minimum absolute atomic E-state index is 0.0915. The van der Waals surface area contributed by atoms with Crippen molar-refractivity contribution in [3.63, 3.8) is 0 Å². The summed E-state index contributed by atoms with van der Waals surface area (Å²) in [7, 11) is 0. The molecule has 176 valence electrons. The number of rotatable bonds is 9. The van der Waals surface area contributed by atoms with Crippen LogP contribution in [0.15, 0.2) is 42.5 Å². The normalized spacial score (nSPS) is 15.1. The van der Waals surface area contributed by atoms with E-state index in [1.807, 2.05) is 38.1 Å². The van der Waals surface area contributed by atoms with Crippen molar-refractivity contribution in [1.82, 2.24) is 10.2 Å². The number of nitrogens with zero attached hydrogens (tertiary/aromatic N) is 2. The Morgan fingerprint density at radius 3 is 2.55 bits per heavy atom. The number of likely N-dealkylation sites (tertiary alicyclic amines) is 1. The van der Waals surface area contributed by atoms with Gasteiger partial charge in [0, 0.05) is 42.2 Å². The summed E-state index contributed by atoms with van der Waals surface area (Å²) in [5.74, 6) is 0.660. The fraction of sp³-hybridized carbons (Fsp3) is 0.462. The first-order chi connectivity index (χ1) is 15.8. The molecule has 0 radical (unpaired) electrons. The van der Waals surface area contributed by atoms with E-state index in [1.165, 1.54) is 5.56 Å². The van der Waals surface area contributed by atoms with Crippen LogP contribution in [0.25, 0.3) is 0 Å². The second-order valence-electron chi connectivity index (χ2n) is 9.24. The van der Waals surface area contributed by atoms with E-state index in [9.17, 15) is 4.79 Å². The first-order valence-corrected chi connectivity index (χ1v) is 12.1. The molecule has 1 amide bonds. The average molecular weight is 488 g/mol. The van der Waals surface area contributed by atoms with Crippen LogP contribution in [0.2, 0.25) is 10.0 Å². The number of nitrogens with one attached hydrogen (secondary N) is 1. The number of carbonyl (C=O) groups excluding carboxylic acids is 1. The van der Waals surface area contributed by atoms with E-state index in [4.69, 9.17) is 33.2 Å². The summed E-state index contributed by atoms with van der Waals surface area (Å²) < 4.78 is 5.75. The molecule has 0 aromatic heterocycles. The topological polar surface area (TPSA) is 65.4 Å². The van der Waals surface area contributed by atoms with Crippen LogP contribution in [0.3, 0.4) is 0 Å². The van der Waals surface area contributed by atoms with Gasteiger partial charge in [-0.1, -0.05) is 49.2 Å². The van der Waals surface area contributed by atoms with E-state index in [0.29, 0.717) is 34.4 Å². The summed E-state index contributed by atoms with van der Waals surface area (Å²) in [6.45, 7) is 7.20. The lowest BCUT2D eigenvalue weighted by Crippen LogP contribution is -2.48. The fourth-order valence-electron chi connectivity index (χ4n) is 3.96. The molecule has 7 heteroatoms. The van der Waals surface area contributed by atoms with Crippen molar-refractivity contribution in [3.8, 4) is 11.8 Å². The zero-order valence-corrected chi connectivity index (χ0v) is 20.8. The molecule has 0 unspecified atom stereocenters. The maximum Gasteiger partial charge on any atom is 0.225 e. The molecule has 2 aromatic rings. The largest absolute Gasteiger partial charge is 0.492 e. The molecule has 0 atom stereocenters. The van der Waals surface area contributed by atoms with Gasteiger partial charge in [0.05, 0.1) is 23.3 Å². The predicted octanol–water partition coefficient (Wildman–Crippen LogP) is 5.83. The third kappa shape index (κ3) is 7.64. The quantitative estimate of drug-likeness (QED) is 0.451. The van der Waals surface area contributed by atoms with Crippen molar-refractivity contribution in [3.05, 3.63) is 63.6 Å². The van der Waals surface area contributed by atoms with E-state index >= 15 is 0 Å². The van der Waals surface area contributed by atoms with Crippen molar-refractivity contribution < 1.29 is 9.53 Å². The molecule has 1 saturated heterocycles. The smallest absolute Gasteiger partial charge is 0.225 e. The highest BCUT2D eigenvalue weighted by molar-refractivity contribution is 6.34. The van der Waals surface area contributed by atoms with Crippen molar-refractivity contribution in [1.29, 1.82) is 5.26 Å². The molecule has 1 N–H and O–H groups in total. The molecule has 1 fully saturated rings. The molecule has 1 heterocycles. The van der Waals surface area contributed by atoms with Gasteiger partial charge in [0.2, 0.25) is 5.91 Å². The zero-order chi connectivity index (χ0) is 23.8. The van der Waals surface area contributed by atoms with Crippen LogP contribution in [-0.2, 0) is 11.3 Å². The van der Waals surface area contributed by atoms with Crippen molar-refractivity contribution >= 4 is 29.1 Å². The van der Waals surface area contributed by atoms with Crippen molar-refractivity contribution in [2.75, 3.05) is 19.7 Å². The first kappa shape index (κ1) is 25.4. The molecular formula is C26H31Cl2N3O2. The summed E-state index contributed by atoms with van der Waals surface area (Å²) >= 11 is 12.1. The van der Waals surface area contributed by atoms with Gasteiger partial charge in [0.1, 0.15) is 5.75 Å². The number of amides is 1. The van der Waals surface area contributed by atoms with E-state index in [1.54, 1.807) is 18.2 Å². The highest BCUT2D eigenvalue weighted by atomic mass is 35.5. The van der Waals surface area contributed by atoms with Gasteiger partial charge in [-0.15, -0.1) is 0 Å². The number of halogens is 2. The molecule has 33 heavy (non-hydrogen) atoms. The second-order valence-corrected chi connectivity index (χ2v) is 10.1. The molecule has 3 rings (SSSR count). The van der Waals surface area contributed by atoms with Crippen LogP contribution < -0.4 is 10.1 Å². The van der Waals surface area contributed by atoms with E-state index in [0.717, 1.165) is 38.9 Å². The van der Waals surface area contributed by atoms with Gasteiger partial charge in [-0.25, -0.2) is 0 Å². The second kappa shape index (κ2) is 11.7. The van der Waals surface area contributed by atoms with Crippen LogP contribution >= 0.6 is 23.2 Å². The number of nitriles is 1. The van der Waals surface area contributed by atoms with Gasteiger partial charge in [-0.05, 0) is 55.5 Å². The van der Waals surface area contributed by atoms with Gasteiger partial charge in [0.25, 0.3) is 0 Å². The predicted molar refractivity (Wildman–Crippen MR) is 133 cm³/mol. The first-order valence-electron chi connectivity index (χ1n) is 11.4. The van der Waals surface area contributed by atoms with Gasteiger partial charge < -0.3 is 10.1 Å². The van der Waals surface area contributed by atoms with Crippen molar-refractivity contribution in [2.45, 2.75) is 52.1 Å². The Morgan fingerprint density at radius 1 is 1.18 bits per heavy atom. The Bertz CT molecular complexity index is 978. The van der Waals surface area contributed by atoms with Crippen LogP contribution in [0.1, 0.15) is 50.7 Å². The maximum absolute atomic E-state index is 12.9. The minimum Gasteiger partial charge on any atom is -0.492 e. The molecule has 1 aliphatic rings. The summed E-state index contributed by atoms with van der Waals surface area (Å²) in [5, 5.41) is 13.3. The molecular weight excluding hydrogens is 457 g/mol. The van der Waals surface area contributed by atoms with Crippen LogP contribution in [0.5, 0.6) is 5.75 Å². The number of benzene rings is 2. The van der Waals surface area contributed by atoms with Gasteiger partial charge >= 0.3 is 0 Å². The van der Waals surface area contributed by atoms with Gasteiger partial charge in [-0.2, -0.15) is 5.26 Å². The molecule has 1 aliphatic heterocycles. The lowest BCUT2D eigenvalue weighted by molar-refractivity contribution is -0.130. The molecule has 0 bridgehead atoms. The summed E-state index contributed by atoms with van der Waals surface area (Å²) in [6.07, 6.45) is 3.34. The number of hydrogen-bond acceptors (Lipinski definition) is 4. The highest BCUT2D eigenvalue weighted by Gasteiger charge is 2.30. The standard InChI is InChI=1S/C26H31Cl2N3O2/c1-26(2,12-3-15-33-24-16-21(27)8-9-23(24)28)25(32)30-22-10-13-31(14-11-22)18-20-6-4-19(17-29)5-7-20/h4-9,16,22H,3,10-15,18H2,1-2H3,(H,30,32). The lowest BCUT2D eigenvalue weighted by Gasteiger charge is -2.34. The average Bonchev–Trinajstić information content (AvgIpc) is 2.80. The van der Waals surface area contributed by atoms with E-state index in [-0.39, 0.29) is 11.9 Å². The number of ether oxygens (including phenoxy) is 1. The third-order valence-electron chi connectivity index (χ3n) is 6.12. The fourth-order valence-corrected chi connectivity index (χ4v) is 4.29. The van der Waals surface area contributed by atoms with E-state index in [2.05, 4.69) is 16.3 Å². The number of piperidine rings is 1. The van der Waals surface area contributed by atoms with Crippen LogP contribution in [0, 0.1) is 16.7 Å². The Labute approximate surface area is 206 Å². The summed E-state index contributed by atoms with van der Waals surface area (Å²) in [6, 6.07) is 15.2. The molecule has 5 nitrogen and oxygen atoms in total. The minimum atomic E-state index is -0.471. The Balaban J connectivity index is 1.38. The lowest BCUT2D eigenvalue weighted by atomic mass is 9.86. The van der Waals surface area contributed by atoms with Gasteiger partial charge in [0.15, 0.2) is 0 Å². The number of hydrogen-bond donors (Lipinski definition) is 1. The molecule has 0 aliphatic carbocycles. The Kier molecular flexibility index (Phi) is 9.02. The van der Waals surface area contributed by atoms with Crippen LogP contribution in [0.4, 0.5) is 0 Å². The van der Waals surface area contributed by atoms with E-state index < -0.39 is 5.41 Å². The SMILES string of the molecule is CC(C)(CCCOc1cc(Cl)ccc1Cl)C(=O)NC1CCN(Cc2ccc(C#N)cc2)CC1. The molecule has 0 spiro atoms. The Hall–Kier alpha value is -2.26. The molecule has 2 aromatic carbocycles. The number of carbonyl (C=O) groups is 1. The summed E-state index contributed by atoms with van der Waals surface area (Å²) in [5.41, 5.74) is 1.42. The van der Waals surface area contributed by atoms with Gasteiger partial charge in [-0.3, -0.25) is 9.69 Å². The maximum atomic E-state index is 12.9.